The number of nitrogens with one attached hydrogen (secondary N) is 1. The average molecular weight is 546 g/mol. The summed E-state index contributed by atoms with van der Waals surface area (Å²) in [6.45, 7) is 9.34. The van der Waals surface area contributed by atoms with E-state index in [2.05, 4.69) is 72.4 Å². The molecule has 0 saturated carbocycles. The van der Waals surface area contributed by atoms with Crippen LogP contribution in [0, 0.1) is 6.92 Å². The molecule has 6 rings (SSSR count). The molecule has 5 aromatic rings. The first-order chi connectivity index (χ1) is 19.9. The van der Waals surface area contributed by atoms with E-state index in [-0.39, 0.29) is 12.1 Å². The molecule has 2 aromatic heterocycles. The summed E-state index contributed by atoms with van der Waals surface area (Å²) in [4.78, 5) is 16.1. The second kappa shape index (κ2) is 11.0. The van der Waals surface area contributed by atoms with Gasteiger partial charge in [0.1, 0.15) is 11.6 Å². The lowest BCUT2D eigenvalue weighted by atomic mass is 9.97. The zero-order valence-corrected chi connectivity index (χ0v) is 23.9. The first-order valence-electron chi connectivity index (χ1n) is 14.2. The monoisotopic (exact) mass is 545 g/mol. The maximum Gasteiger partial charge on any atom is 0.322 e. The van der Waals surface area contributed by atoms with Crippen LogP contribution < -0.4 is 10.1 Å². The number of aryl methyl sites for hydroxylation is 1. The van der Waals surface area contributed by atoms with Crippen LogP contribution in [-0.2, 0) is 6.54 Å². The molecule has 0 spiro atoms. The van der Waals surface area contributed by atoms with Crippen molar-refractivity contribution in [2.45, 2.75) is 46.2 Å². The molecule has 0 radical (unpaired) electrons. The van der Waals surface area contributed by atoms with Crippen molar-refractivity contribution in [2.24, 2.45) is 0 Å². The minimum Gasteiger partial charge on any atom is -0.494 e. The van der Waals surface area contributed by atoms with Gasteiger partial charge in [0.2, 0.25) is 0 Å². The Hall–Kier alpha value is -4.78. The van der Waals surface area contributed by atoms with Gasteiger partial charge in [-0.15, -0.1) is 0 Å². The molecular weight excluding hydrogens is 510 g/mol. The van der Waals surface area contributed by atoms with Gasteiger partial charge in [-0.3, -0.25) is 0 Å². The van der Waals surface area contributed by atoms with E-state index in [0.717, 1.165) is 39.8 Å². The summed E-state index contributed by atoms with van der Waals surface area (Å²) in [5.41, 5.74) is 6.90. The van der Waals surface area contributed by atoms with Gasteiger partial charge in [-0.05, 0) is 79.4 Å². The highest BCUT2D eigenvalue weighted by atomic mass is 16.5. The fraction of sp³-hybridized carbons (Fsp3) is 0.235. The van der Waals surface area contributed by atoms with Gasteiger partial charge in [0, 0.05) is 17.4 Å². The van der Waals surface area contributed by atoms with Crippen molar-refractivity contribution < 1.29 is 9.53 Å². The Morgan fingerprint density at radius 1 is 0.976 bits per heavy atom. The number of ether oxygens (including phenoxy) is 1. The normalized spacial score (nSPS) is 14.4. The van der Waals surface area contributed by atoms with Crippen LogP contribution in [0.3, 0.4) is 0 Å². The smallest absolute Gasteiger partial charge is 0.322 e. The standard InChI is InChI=1S/C34H35N5O2/c1-5-41-29-19-17-27(18-20-29)35-34(40)38-22-30-24(4)36-39(28-10-7-6-8-11-28)33(30)37-21-9-12-31(37)32(38)26-15-13-25(14-16-26)23(2)3/h6-21,23,32H,5,22H2,1-4H3,(H,35,40). The maximum absolute atomic E-state index is 14.2. The van der Waals surface area contributed by atoms with E-state index < -0.39 is 0 Å². The van der Waals surface area contributed by atoms with Crippen LogP contribution in [0.4, 0.5) is 10.5 Å². The summed E-state index contributed by atoms with van der Waals surface area (Å²) in [7, 11) is 0. The summed E-state index contributed by atoms with van der Waals surface area (Å²) in [6, 6.07) is 29.9. The van der Waals surface area contributed by atoms with Crippen LogP contribution in [0.5, 0.6) is 5.75 Å². The van der Waals surface area contributed by atoms with Gasteiger partial charge in [-0.25, -0.2) is 9.48 Å². The topological polar surface area (TPSA) is 64.3 Å². The van der Waals surface area contributed by atoms with Gasteiger partial charge in [-0.1, -0.05) is 56.3 Å². The number of benzene rings is 3. The highest BCUT2D eigenvalue weighted by molar-refractivity contribution is 5.90. The first kappa shape index (κ1) is 26.4. The van der Waals surface area contributed by atoms with Crippen molar-refractivity contribution >= 4 is 11.7 Å². The average Bonchev–Trinajstić information content (AvgIpc) is 3.55. The van der Waals surface area contributed by atoms with E-state index in [1.165, 1.54) is 5.56 Å². The molecule has 2 amide bonds. The van der Waals surface area contributed by atoms with Crippen molar-refractivity contribution in [3.63, 3.8) is 0 Å². The van der Waals surface area contributed by atoms with Crippen LogP contribution in [0.2, 0.25) is 0 Å². The Bertz CT molecular complexity index is 1650. The number of nitrogens with zero attached hydrogens (tertiary/aromatic N) is 4. The van der Waals surface area contributed by atoms with Gasteiger partial charge in [-0.2, -0.15) is 5.10 Å². The Morgan fingerprint density at radius 3 is 2.39 bits per heavy atom. The lowest BCUT2D eigenvalue weighted by Crippen LogP contribution is -2.38. The Balaban J connectivity index is 1.47. The molecule has 1 aliphatic rings. The number of hydrogen-bond acceptors (Lipinski definition) is 3. The SMILES string of the molecule is CCOc1ccc(NC(=O)N2Cc3c(C)nn(-c4ccccc4)c3-n3cccc3C2c2ccc(C(C)C)cc2)cc1. The van der Waals surface area contributed by atoms with E-state index in [9.17, 15) is 4.79 Å². The Labute approximate surface area is 241 Å². The molecule has 208 valence electrons. The van der Waals surface area contributed by atoms with Gasteiger partial charge in [0.25, 0.3) is 0 Å². The van der Waals surface area contributed by atoms with Crippen molar-refractivity contribution in [1.29, 1.82) is 0 Å². The van der Waals surface area contributed by atoms with E-state index in [1.54, 1.807) is 0 Å². The van der Waals surface area contributed by atoms with Gasteiger partial charge in [0.15, 0.2) is 0 Å². The Morgan fingerprint density at radius 2 is 1.71 bits per heavy atom. The molecule has 0 fully saturated rings. The minimum absolute atomic E-state index is 0.181. The van der Waals surface area contributed by atoms with Crippen molar-refractivity contribution in [1.82, 2.24) is 19.2 Å². The number of fused-ring (bicyclic) bond motifs is 3. The summed E-state index contributed by atoms with van der Waals surface area (Å²) < 4.78 is 9.76. The quantitative estimate of drug-likeness (QED) is 0.239. The maximum atomic E-state index is 14.2. The fourth-order valence-corrected chi connectivity index (χ4v) is 5.56. The molecule has 1 N–H and O–H groups in total. The molecule has 0 aliphatic carbocycles. The number of carbonyl (C=O) groups is 1. The van der Waals surface area contributed by atoms with Crippen LogP contribution in [-0.4, -0.2) is 31.9 Å². The van der Waals surface area contributed by atoms with Gasteiger partial charge >= 0.3 is 6.03 Å². The number of urea groups is 1. The molecule has 1 aliphatic heterocycles. The fourth-order valence-electron chi connectivity index (χ4n) is 5.56. The number of amides is 2. The number of carbonyl (C=O) groups excluding carboxylic acids is 1. The molecule has 3 aromatic carbocycles. The largest absolute Gasteiger partial charge is 0.494 e. The lowest BCUT2D eigenvalue weighted by Gasteiger charge is -2.31. The number of para-hydroxylation sites is 1. The molecule has 1 unspecified atom stereocenters. The number of rotatable bonds is 6. The molecule has 3 heterocycles. The third-order valence-corrected chi connectivity index (χ3v) is 7.68. The second-order valence-corrected chi connectivity index (χ2v) is 10.7. The first-order valence-corrected chi connectivity index (χ1v) is 14.2. The van der Waals surface area contributed by atoms with Gasteiger partial charge in [0.05, 0.1) is 36.3 Å². The minimum atomic E-state index is -0.315. The molecular formula is C34H35N5O2. The summed E-state index contributed by atoms with van der Waals surface area (Å²) in [5.74, 6) is 2.15. The lowest BCUT2D eigenvalue weighted by molar-refractivity contribution is 0.194. The molecule has 41 heavy (non-hydrogen) atoms. The van der Waals surface area contributed by atoms with Crippen LogP contribution >= 0.6 is 0 Å². The predicted molar refractivity (Wildman–Crippen MR) is 162 cm³/mol. The van der Waals surface area contributed by atoms with E-state index in [1.807, 2.05) is 72.0 Å². The molecule has 7 nitrogen and oxygen atoms in total. The molecule has 7 heteroatoms. The second-order valence-electron chi connectivity index (χ2n) is 10.7. The van der Waals surface area contributed by atoms with Crippen molar-refractivity contribution in [3.05, 3.63) is 125 Å². The summed E-state index contributed by atoms with van der Waals surface area (Å²) in [5, 5.41) is 8.08. The number of anilines is 1. The van der Waals surface area contributed by atoms with E-state index in [4.69, 9.17) is 9.84 Å². The Kier molecular flexibility index (Phi) is 7.10. The number of hydrogen-bond donors (Lipinski definition) is 1. The molecule has 0 bridgehead atoms. The third kappa shape index (κ3) is 4.99. The third-order valence-electron chi connectivity index (χ3n) is 7.68. The van der Waals surface area contributed by atoms with Gasteiger partial charge < -0.3 is 19.5 Å². The summed E-state index contributed by atoms with van der Waals surface area (Å²) >= 11 is 0. The predicted octanol–water partition coefficient (Wildman–Crippen LogP) is 7.63. The molecule has 0 saturated heterocycles. The molecule has 1 atom stereocenters. The highest BCUT2D eigenvalue weighted by Gasteiger charge is 2.36. The highest BCUT2D eigenvalue weighted by Crippen LogP contribution is 2.39. The zero-order chi connectivity index (χ0) is 28.5. The zero-order valence-electron chi connectivity index (χ0n) is 23.9. The van der Waals surface area contributed by atoms with Crippen LogP contribution in [0.25, 0.3) is 11.5 Å². The summed E-state index contributed by atoms with van der Waals surface area (Å²) in [6.07, 6.45) is 2.07. The number of aromatic nitrogens is 3. The van der Waals surface area contributed by atoms with Crippen LogP contribution in [0.1, 0.15) is 60.8 Å². The van der Waals surface area contributed by atoms with E-state index >= 15 is 0 Å². The van der Waals surface area contributed by atoms with E-state index in [0.29, 0.717) is 24.8 Å². The van der Waals surface area contributed by atoms with Crippen molar-refractivity contribution in [3.8, 4) is 17.3 Å². The van der Waals surface area contributed by atoms with Crippen LogP contribution in [0.15, 0.2) is 97.2 Å². The van der Waals surface area contributed by atoms with Crippen molar-refractivity contribution in [2.75, 3.05) is 11.9 Å².